The van der Waals surface area contributed by atoms with Crippen LogP contribution in [0, 0.1) is 0 Å². The van der Waals surface area contributed by atoms with Crippen molar-refractivity contribution in [2.75, 3.05) is 5.73 Å². The van der Waals surface area contributed by atoms with E-state index in [1.54, 1.807) is 0 Å². The van der Waals surface area contributed by atoms with Gasteiger partial charge >= 0.3 is 0 Å². The molecule has 0 aromatic carbocycles. The Kier molecular flexibility index (Phi) is 2.77. The maximum Gasteiger partial charge on any atom is 0.248 e. The van der Waals surface area contributed by atoms with Crippen LogP contribution < -0.4 is 5.73 Å². The second-order valence-electron chi connectivity index (χ2n) is 4.70. The topological polar surface area (TPSA) is 82.0 Å². The standard InChI is InChI=1S/C10H11ClF2N6/c11-6-8-17-16-7(19(8)18-9(14)15-6)5-2-1-3-10(12,13)4-5/h5H,1-4H2,(H2,14,18). The molecule has 1 saturated carbocycles. The minimum absolute atomic E-state index is 0.0406. The molecule has 9 heteroatoms. The first kappa shape index (κ1) is 12.5. The van der Waals surface area contributed by atoms with Gasteiger partial charge in [0.2, 0.25) is 17.5 Å². The highest BCUT2D eigenvalue weighted by molar-refractivity contribution is 6.32. The maximum absolute atomic E-state index is 13.5. The molecule has 1 aliphatic carbocycles. The van der Waals surface area contributed by atoms with Gasteiger partial charge in [0.15, 0.2) is 11.0 Å². The van der Waals surface area contributed by atoms with Crippen LogP contribution in [0.5, 0.6) is 0 Å². The average molecular weight is 289 g/mol. The highest BCUT2D eigenvalue weighted by Crippen LogP contribution is 2.41. The third kappa shape index (κ3) is 2.20. The fraction of sp³-hybridized carbons (Fsp3) is 0.600. The lowest BCUT2D eigenvalue weighted by Crippen LogP contribution is -2.26. The summed E-state index contributed by atoms with van der Waals surface area (Å²) >= 11 is 5.87. The number of nitrogens with two attached hydrogens (primary N) is 1. The molecular formula is C10H11ClF2N6. The van der Waals surface area contributed by atoms with Crippen LogP contribution in [0.15, 0.2) is 0 Å². The number of alkyl halides is 2. The van der Waals surface area contributed by atoms with Crippen molar-refractivity contribution in [2.45, 2.75) is 37.5 Å². The monoisotopic (exact) mass is 288 g/mol. The highest BCUT2D eigenvalue weighted by atomic mass is 35.5. The number of aromatic nitrogens is 5. The summed E-state index contributed by atoms with van der Waals surface area (Å²) in [5.74, 6) is -2.74. The molecule has 102 valence electrons. The summed E-state index contributed by atoms with van der Waals surface area (Å²) < 4.78 is 28.2. The molecule has 1 unspecified atom stereocenters. The third-order valence-corrected chi connectivity index (χ3v) is 3.52. The molecule has 2 aromatic heterocycles. The van der Waals surface area contributed by atoms with Crippen LogP contribution in [-0.2, 0) is 0 Å². The Labute approximate surface area is 112 Å². The van der Waals surface area contributed by atoms with Crippen molar-refractivity contribution in [1.29, 1.82) is 0 Å². The largest absolute Gasteiger partial charge is 0.366 e. The zero-order valence-corrected chi connectivity index (χ0v) is 10.6. The first-order chi connectivity index (χ1) is 8.96. The first-order valence-electron chi connectivity index (χ1n) is 5.88. The zero-order chi connectivity index (χ0) is 13.6. The predicted octanol–water partition coefficient (Wildman–Crippen LogP) is 2.05. The van der Waals surface area contributed by atoms with Crippen molar-refractivity contribution in [3.8, 4) is 0 Å². The molecule has 1 aliphatic rings. The van der Waals surface area contributed by atoms with Gasteiger partial charge in [-0.2, -0.15) is 9.50 Å². The minimum atomic E-state index is -2.67. The minimum Gasteiger partial charge on any atom is -0.366 e. The molecule has 2 heterocycles. The molecule has 2 N–H and O–H groups in total. The van der Waals surface area contributed by atoms with E-state index < -0.39 is 11.8 Å². The van der Waals surface area contributed by atoms with Gasteiger partial charge in [0, 0.05) is 18.8 Å². The van der Waals surface area contributed by atoms with Gasteiger partial charge in [-0.15, -0.1) is 15.3 Å². The van der Waals surface area contributed by atoms with E-state index in [1.807, 2.05) is 0 Å². The molecule has 0 saturated heterocycles. The van der Waals surface area contributed by atoms with Crippen molar-refractivity contribution in [3.63, 3.8) is 0 Å². The Morgan fingerprint density at radius 3 is 2.89 bits per heavy atom. The van der Waals surface area contributed by atoms with E-state index in [-0.39, 0.29) is 29.6 Å². The number of hydrogen-bond donors (Lipinski definition) is 1. The molecule has 19 heavy (non-hydrogen) atoms. The zero-order valence-electron chi connectivity index (χ0n) is 9.85. The van der Waals surface area contributed by atoms with Crippen molar-refractivity contribution in [2.24, 2.45) is 0 Å². The lowest BCUT2D eigenvalue weighted by molar-refractivity contribution is -0.0419. The summed E-state index contributed by atoms with van der Waals surface area (Å²) in [6, 6.07) is 0. The highest BCUT2D eigenvalue weighted by Gasteiger charge is 2.38. The van der Waals surface area contributed by atoms with Gasteiger partial charge in [-0.25, -0.2) is 8.78 Å². The number of fused-ring (bicyclic) bond motifs is 1. The van der Waals surface area contributed by atoms with Crippen molar-refractivity contribution in [1.82, 2.24) is 24.8 Å². The molecule has 0 spiro atoms. The summed E-state index contributed by atoms with van der Waals surface area (Å²) in [7, 11) is 0. The molecule has 0 aliphatic heterocycles. The van der Waals surface area contributed by atoms with Crippen LogP contribution in [0.4, 0.5) is 14.7 Å². The van der Waals surface area contributed by atoms with E-state index in [1.165, 1.54) is 4.52 Å². The van der Waals surface area contributed by atoms with Crippen molar-refractivity contribution < 1.29 is 8.78 Å². The molecule has 0 amide bonds. The second kappa shape index (κ2) is 4.22. The molecule has 3 rings (SSSR count). The van der Waals surface area contributed by atoms with Crippen LogP contribution in [0.25, 0.3) is 5.65 Å². The lowest BCUT2D eigenvalue weighted by atomic mass is 9.86. The van der Waals surface area contributed by atoms with Crippen LogP contribution in [0.3, 0.4) is 0 Å². The van der Waals surface area contributed by atoms with Gasteiger partial charge in [-0.05, 0) is 12.8 Å². The van der Waals surface area contributed by atoms with Crippen LogP contribution in [-0.4, -0.2) is 30.7 Å². The Morgan fingerprint density at radius 1 is 1.37 bits per heavy atom. The average Bonchev–Trinajstić information content (AvgIpc) is 2.71. The first-order valence-corrected chi connectivity index (χ1v) is 6.26. The van der Waals surface area contributed by atoms with Gasteiger partial charge in [-0.3, -0.25) is 0 Å². The van der Waals surface area contributed by atoms with E-state index in [9.17, 15) is 8.78 Å². The van der Waals surface area contributed by atoms with E-state index in [0.717, 1.165) is 0 Å². The normalized spacial score (nSPS) is 22.8. The maximum atomic E-state index is 13.5. The smallest absolute Gasteiger partial charge is 0.248 e. The fourth-order valence-corrected chi connectivity index (χ4v) is 2.65. The number of nitrogen functional groups attached to an aromatic ring is 1. The van der Waals surface area contributed by atoms with E-state index >= 15 is 0 Å². The number of rotatable bonds is 1. The van der Waals surface area contributed by atoms with Crippen LogP contribution >= 0.6 is 11.6 Å². The van der Waals surface area contributed by atoms with Crippen molar-refractivity contribution in [3.05, 3.63) is 11.0 Å². The van der Waals surface area contributed by atoms with Crippen LogP contribution in [0.2, 0.25) is 5.15 Å². The Balaban J connectivity index is 2.06. The Bertz CT molecular complexity index is 628. The SMILES string of the molecule is Nc1nc(Cl)c2nnc(C3CCCC(F)(F)C3)n2n1. The predicted molar refractivity (Wildman–Crippen MR) is 64.2 cm³/mol. The number of hydrogen-bond acceptors (Lipinski definition) is 5. The molecule has 1 atom stereocenters. The fourth-order valence-electron chi connectivity index (χ4n) is 2.44. The van der Waals surface area contributed by atoms with E-state index in [2.05, 4.69) is 20.3 Å². The van der Waals surface area contributed by atoms with Gasteiger partial charge < -0.3 is 5.73 Å². The summed E-state index contributed by atoms with van der Waals surface area (Å²) in [6.45, 7) is 0. The summed E-state index contributed by atoms with van der Waals surface area (Å²) in [5.41, 5.74) is 5.74. The summed E-state index contributed by atoms with van der Waals surface area (Å²) in [4.78, 5) is 3.75. The third-order valence-electron chi connectivity index (χ3n) is 3.27. The van der Waals surface area contributed by atoms with E-state index in [0.29, 0.717) is 18.7 Å². The summed E-state index contributed by atoms with van der Waals surface area (Å²) in [5, 5.41) is 11.8. The number of halogens is 3. The number of nitrogens with zero attached hydrogens (tertiary/aromatic N) is 5. The Morgan fingerprint density at radius 2 is 2.16 bits per heavy atom. The summed E-state index contributed by atoms with van der Waals surface area (Å²) in [6.07, 6.45) is 0.728. The van der Waals surface area contributed by atoms with Gasteiger partial charge in [0.25, 0.3) is 0 Å². The quantitative estimate of drug-likeness (QED) is 0.868. The molecular weight excluding hydrogens is 278 g/mol. The van der Waals surface area contributed by atoms with Gasteiger partial charge in [0.1, 0.15) is 0 Å². The molecule has 0 radical (unpaired) electrons. The number of anilines is 1. The van der Waals surface area contributed by atoms with Crippen molar-refractivity contribution >= 4 is 23.2 Å². The Hall–Kier alpha value is -1.57. The van der Waals surface area contributed by atoms with Gasteiger partial charge in [-0.1, -0.05) is 11.6 Å². The molecule has 0 bridgehead atoms. The lowest BCUT2D eigenvalue weighted by Gasteiger charge is -2.27. The molecule has 6 nitrogen and oxygen atoms in total. The molecule has 1 fully saturated rings. The molecule has 2 aromatic rings. The van der Waals surface area contributed by atoms with Crippen LogP contribution in [0.1, 0.15) is 37.4 Å². The van der Waals surface area contributed by atoms with Gasteiger partial charge in [0.05, 0.1) is 0 Å². The second-order valence-corrected chi connectivity index (χ2v) is 5.06. The van der Waals surface area contributed by atoms with E-state index in [4.69, 9.17) is 17.3 Å².